The number of carbonyl (C=O) groups excluding carboxylic acids is 1. The van der Waals surface area contributed by atoms with Crippen LogP contribution in [0.5, 0.6) is 0 Å². The Morgan fingerprint density at radius 1 is 1.83 bits per heavy atom. The summed E-state index contributed by atoms with van der Waals surface area (Å²) in [7, 11) is 0. The second kappa shape index (κ2) is 4.09. The average molecular weight is 173 g/mol. The van der Waals surface area contributed by atoms with E-state index in [1.165, 1.54) is 11.0 Å². The van der Waals surface area contributed by atoms with Crippen LogP contribution < -0.4 is 0 Å². The summed E-state index contributed by atoms with van der Waals surface area (Å²) >= 11 is 0. The van der Waals surface area contributed by atoms with E-state index in [4.69, 9.17) is 4.74 Å². The fourth-order valence-corrected chi connectivity index (χ4v) is 1.10. The molecule has 0 N–H and O–H groups in total. The number of ether oxygens (including phenoxy) is 1. The topological polar surface area (TPSA) is 29.5 Å². The highest BCUT2D eigenvalue weighted by molar-refractivity contribution is 5.68. The molecule has 1 aliphatic rings. The number of amides is 1. The average Bonchev–Trinajstić information content (AvgIpc) is 2.47. The first-order chi connectivity index (χ1) is 5.74. The fraction of sp³-hybridized carbons (Fsp3) is 0.625. The van der Waals surface area contributed by atoms with Crippen molar-refractivity contribution in [3.8, 4) is 0 Å². The molecule has 1 saturated heterocycles. The van der Waals surface area contributed by atoms with Gasteiger partial charge in [-0.2, -0.15) is 0 Å². The molecule has 1 rings (SSSR count). The summed E-state index contributed by atoms with van der Waals surface area (Å²) in [5, 5.41) is 0. The van der Waals surface area contributed by atoms with Crippen LogP contribution in [0.2, 0.25) is 0 Å². The Morgan fingerprint density at radius 3 is 3.08 bits per heavy atom. The van der Waals surface area contributed by atoms with Gasteiger partial charge in [-0.15, -0.1) is 0 Å². The number of carbonyl (C=O) groups is 1. The molecular weight excluding hydrogens is 161 g/mol. The van der Waals surface area contributed by atoms with Crippen LogP contribution in [-0.2, 0) is 4.74 Å². The van der Waals surface area contributed by atoms with Crippen molar-refractivity contribution in [1.29, 1.82) is 0 Å². The number of nitrogens with zero attached hydrogens (tertiary/aromatic N) is 1. The van der Waals surface area contributed by atoms with Crippen LogP contribution in [-0.4, -0.2) is 36.9 Å². The molecule has 68 valence electrons. The van der Waals surface area contributed by atoms with Crippen LogP contribution in [0.25, 0.3) is 0 Å². The van der Waals surface area contributed by atoms with Crippen molar-refractivity contribution < 1.29 is 13.9 Å². The summed E-state index contributed by atoms with van der Waals surface area (Å²) in [4.78, 5) is 12.4. The summed E-state index contributed by atoms with van der Waals surface area (Å²) in [6.45, 7) is 4.21. The van der Waals surface area contributed by atoms with Gasteiger partial charge in [-0.1, -0.05) is 12.7 Å². The molecule has 1 heterocycles. The quantitative estimate of drug-likeness (QED) is 0.590. The minimum atomic E-state index is -0.888. The molecule has 4 heteroatoms. The Labute approximate surface area is 70.8 Å². The summed E-state index contributed by atoms with van der Waals surface area (Å²) in [6, 6.07) is 0. The highest BCUT2D eigenvalue weighted by Gasteiger charge is 2.26. The van der Waals surface area contributed by atoms with Gasteiger partial charge in [-0.05, 0) is 6.42 Å². The molecule has 0 aromatic carbocycles. The Morgan fingerprint density at radius 2 is 2.58 bits per heavy atom. The first-order valence-corrected chi connectivity index (χ1v) is 3.90. The molecule has 3 nitrogen and oxygen atoms in total. The van der Waals surface area contributed by atoms with Gasteiger partial charge in [0.1, 0.15) is 12.8 Å². The molecule has 1 unspecified atom stereocenters. The molecule has 0 radical (unpaired) electrons. The molecule has 0 saturated carbocycles. The predicted molar refractivity (Wildman–Crippen MR) is 42.6 cm³/mol. The maximum Gasteiger partial charge on any atom is 0.410 e. The van der Waals surface area contributed by atoms with E-state index in [0.29, 0.717) is 13.0 Å². The third-order valence-electron chi connectivity index (χ3n) is 1.71. The summed E-state index contributed by atoms with van der Waals surface area (Å²) in [5.41, 5.74) is 0. The van der Waals surface area contributed by atoms with Crippen molar-refractivity contribution in [2.45, 2.75) is 12.6 Å². The van der Waals surface area contributed by atoms with Gasteiger partial charge >= 0.3 is 6.09 Å². The highest BCUT2D eigenvalue weighted by Crippen LogP contribution is 2.12. The largest absolute Gasteiger partial charge is 0.445 e. The first kappa shape index (κ1) is 9.03. The standard InChI is InChI=1S/C8H12FNO2/c1-2-5-12-8(11)10-4-3-7(9)6-10/h2,7H,1,3-6H2. The number of rotatable bonds is 2. The van der Waals surface area contributed by atoms with E-state index >= 15 is 0 Å². The second-order valence-corrected chi connectivity index (χ2v) is 2.70. The number of halogens is 1. The summed E-state index contributed by atoms with van der Waals surface area (Å²) < 4.78 is 17.3. The first-order valence-electron chi connectivity index (χ1n) is 3.90. The Bertz CT molecular complexity index is 184. The van der Waals surface area contributed by atoms with Crippen LogP contribution in [0.3, 0.4) is 0 Å². The van der Waals surface area contributed by atoms with Gasteiger partial charge in [-0.25, -0.2) is 9.18 Å². The van der Waals surface area contributed by atoms with E-state index in [2.05, 4.69) is 6.58 Å². The summed E-state index contributed by atoms with van der Waals surface area (Å²) in [6.07, 6.45) is 0.570. The Kier molecular flexibility index (Phi) is 3.08. The van der Waals surface area contributed by atoms with Crippen molar-refractivity contribution in [2.24, 2.45) is 0 Å². The van der Waals surface area contributed by atoms with E-state index in [1.807, 2.05) is 0 Å². The molecule has 0 aliphatic carbocycles. The predicted octanol–water partition coefficient (Wildman–Crippen LogP) is 1.35. The maximum atomic E-state index is 12.6. The van der Waals surface area contributed by atoms with Gasteiger partial charge in [0.05, 0.1) is 6.54 Å². The van der Waals surface area contributed by atoms with E-state index in [0.717, 1.165) is 0 Å². The molecule has 1 aliphatic heterocycles. The van der Waals surface area contributed by atoms with E-state index < -0.39 is 12.3 Å². The molecule has 0 bridgehead atoms. The van der Waals surface area contributed by atoms with E-state index in [1.54, 1.807) is 0 Å². The fourth-order valence-electron chi connectivity index (χ4n) is 1.10. The molecule has 0 aromatic rings. The third-order valence-corrected chi connectivity index (χ3v) is 1.71. The van der Waals surface area contributed by atoms with Crippen LogP contribution in [0, 0.1) is 0 Å². The Hall–Kier alpha value is -1.06. The number of hydrogen-bond acceptors (Lipinski definition) is 2. The molecular formula is C8H12FNO2. The van der Waals surface area contributed by atoms with Gasteiger partial charge in [0, 0.05) is 6.54 Å². The van der Waals surface area contributed by atoms with E-state index in [-0.39, 0.29) is 13.2 Å². The zero-order valence-corrected chi connectivity index (χ0v) is 6.83. The zero-order chi connectivity index (χ0) is 8.97. The normalized spacial score (nSPS) is 22.4. The number of likely N-dealkylation sites (tertiary alicyclic amines) is 1. The lowest BCUT2D eigenvalue weighted by molar-refractivity contribution is 0.118. The number of hydrogen-bond donors (Lipinski definition) is 0. The third kappa shape index (κ3) is 2.22. The minimum Gasteiger partial charge on any atom is -0.445 e. The highest BCUT2D eigenvalue weighted by atomic mass is 19.1. The molecule has 0 spiro atoms. The Balaban J connectivity index is 2.28. The van der Waals surface area contributed by atoms with Gasteiger partial charge in [-0.3, -0.25) is 0 Å². The van der Waals surface area contributed by atoms with Crippen LogP contribution >= 0.6 is 0 Å². The van der Waals surface area contributed by atoms with Gasteiger partial charge < -0.3 is 9.64 Å². The summed E-state index contributed by atoms with van der Waals surface area (Å²) in [5.74, 6) is 0. The number of alkyl halides is 1. The van der Waals surface area contributed by atoms with Gasteiger partial charge in [0.2, 0.25) is 0 Å². The van der Waals surface area contributed by atoms with Crippen molar-refractivity contribution >= 4 is 6.09 Å². The van der Waals surface area contributed by atoms with Crippen molar-refractivity contribution in [3.05, 3.63) is 12.7 Å². The maximum absolute atomic E-state index is 12.6. The molecule has 1 atom stereocenters. The molecule has 1 amide bonds. The smallest absolute Gasteiger partial charge is 0.410 e. The van der Waals surface area contributed by atoms with Crippen molar-refractivity contribution in [1.82, 2.24) is 4.90 Å². The SMILES string of the molecule is C=CCOC(=O)N1CCC(F)C1. The second-order valence-electron chi connectivity index (χ2n) is 2.70. The van der Waals surface area contributed by atoms with Crippen LogP contribution in [0.4, 0.5) is 9.18 Å². The van der Waals surface area contributed by atoms with Crippen LogP contribution in [0.1, 0.15) is 6.42 Å². The van der Waals surface area contributed by atoms with E-state index in [9.17, 15) is 9.18 Å². The van der Waals surface area contributed by atoms with Crippen LogP contribution in [0.15, 0.2) is 12.7 Å². The van der Waals surface area contributed by atoms with Crippen molar-refractivity contribution in [3.63, 3.8) is 0 Å². The zero-order valence-electron chi connectivity index (χ0n) is 6.83. The monoisotopic (exact) mass is 173 g/mol. The lowest BCUT2D eigenvalue weighted by Crippen LogP contribution is -2.29. The minimum absolute atomic E-state index is 0.163. The molecule has 12 heavy (non-hydrogen) atoms. The van der Waals surface area contributed by atoms with Gasteiger partial charge in [0.25, 0.3) is 0 Å². The van der Waals surface area contributed by atoms with Crippen molar-refractivity contribution in [2.75, 3.05) is 19.7 Å². The molecule has 0 aromatic heterocycles. The lowest BCUT2D eigenvalue weighted by Gasteiger charge is -2.13. The van der Waals surface area contributed by atoms with Gasteiger partial charge in [0.15, 0.2) is 0 Å². The lowest BCUT2D eigenvalue weighted by atomic mass is 10.3. The molecule has 1 fully saturated rings.